The van der Waals surface area contributed by atoms with Crippen molar-refractivity contribution in [2.75, 3.05) is 13.1 Å². The van der Waals surface area contributed by atoms with Crippen LogP contribution in [0.1, 0.15) is 26.7 Å². The lowest BCUT2D eigenvalue weighted by molar-refractivity contribution is -0.127. The molecule has 0 aromatic heterocycles. The van der Waals surface area contributed by atoms with Crippen LogP contribution < -0.4 is 5.73 Å². The highest BCUT2D eigenvalue weighted by Crippen LogP contribution is 2.11. The molecule has 0 aliphatic carbocycles. The number of hydrogen-bond acceptors (Lipinski definition) is 2. The number of nitrogens with two attached hydrogens (primary N) is 1. The van der Waals surface area contributed by atoms with Crippen LogP contribution in [0.2, 0.25) is 0 Å². The maximum Gasteiger partial charge on any atom is 0.224 e. The maximum atomic E-state index is 11.2. The topological polar surface area (TPSA) is 46.3 Å². The molecule has 0 saturated carbocycles. The fraction of sp³-hybridized carbons (Fsp3) is 0.889. The molecule has 1 atom stereocenters. The third kappa shape index (κ3) is 2.48. The van der Waals surface area contributed by atoms with Crippen molar-refractivity contribution in [3.63, 3.8) is 0 Å². The first kappa shape index (κ1) is 9.52. The van der Waals surface area contributed by atoms with Crippen molar-refractivity contribution in [1.29, 1.82) is 0 Å². The number of carbonyl (C=O) groups is 1. The first-order valence-electron chi connectivity index (χ1n) is 4.63. The Balaban J connectivity index is 2.28. The molecule has 1 saturated heterocycles. The zero-order valence-corrected chi connectivity index (χ0v) is 7.92. The second-order valence-electron chi connectivity index (χ2n) is 3.99. The second kappa shape index (κ2) is 3.90. The Morgan fingerprint density at radius 2 is 2.33 bits per heavy atom. The number of nitrogens with zero attached hydrogens (tertiary/aromatic N) is 1. The van der Waals surface area contributed by atoms with Crippen molar-refractivity contribution in [2.45, 2.75) is 32.7 Å². The van der Waals surface area contributed by atoms with E-state index in [-0.39, 0.29) is 11.9 Å². The quantitative estimate of drug-likeness (QED) is 0.674. The molecule has 1 unspecified atom stereocenters. The lowest BCUT2D eigenvalue weighted by Crippen LogP contribution is -2.29. The largest absolute Gasteiger partial charge is 0.341 e. The molecule has 0 aromatic rings. The van der Waals surface area contributed by atoms with Gasteiger partial charge in [0.05, 0.1) is 0 Å². The number of amides is 1. The van der Waals surface area contributed by atoms with Crippen LogP contribution in [0, 0.1) is 5.92 Å². The fourth-order valence-corrected chi connectivity index (χ4v) is 1.43. The van der Waals surface area contributed by atoms with Crippen LogP contribution in [0.15, 0.2) is 0 Å². The Hall–Kier alpha value is -0.570. The van der Waals surface area contributed by atoms with Gasteiger partial charge in [-0.25, -0.2) is 0 Å². The van der Waals surface area contributed by atoms with Crippen LogP contribution in [0.4, 0.5) is 0 Å². The van der Waals surface area contributed by atoms with Crippen LogP contribution in [-0.2, 0) is 4.79 Å². The molecule has 0 radical (unpaired) electrons. The Labute approximate surface area is 73.9 Å². The summed E-state index contributed by atoms with van der Waals surface area (Å²) < 4.78 is 0. The van der Waals surface area contributed by atoms with Gasteiger partial charge in [-0.15, -0.1) is 0 Å². The van der Waals surface area contributed by atoms with E-state index in [1.54, 1.807) is 0 Å². The van der Waals surface area contributed by atoms with E-state index in [4.69, 9.17) is 5.73 Å². The average Bonchev–Trinajstić information content (AvgIpc) is 2.26. The van der Waals surface area contributed by atoms with Crippen molar-refractivity contribution in [3.05, 3.63) is 0 Å². The van der Waals surface area contributed by atoms with E-state index in [9.17, 15) is 4.79 Å². The van der Waals surface area contributed by atoms with Crippen LogP contribution in [0.25, 0.3) is 0 Å². The van der Waals surface area contributed by atoms with Crippen molar-refractivity contribution in [2.24, 2.45) is 11.7 Å². The molecule has 2 N–H and O–H groups in total. The zero-order chi connectivity index (χ0) is 9.14. The summed E-state index contributed by atoms with van der Waals surface area (Å²) in [5.74, 6) is 0.887. The molecule has 1 rings (SSSR count). The molecule has 0 bridgehead atoms. The minimum atomic E-state index is 0.0738. The van der Waals surface area contributed by atoms with E-state index < -0.39 is 0 Å². The average molecular weight is 170 g/mol. The molecule has 1 aliphatic heterocycles. The van der Waals surface area contributed by atoms with Gasteiger partial charge in [-0.3, -0.25) is 4.79 Å². The summed E-state index contributed by atoms with van der Waals surface area (Å²) in [6.45, 7) is 5.97. The Bertz CT molecular complexity index is 168. The molecule has 3 heteroatoms. The summed E-state index contributed by atoms with van der Waals surface area (Å²) in [6.07, 6.45) is 1.62. The normalized spacial score (nSPS) is 24.2. The molecule has 1 aliphatic rings. The molecule has 1 fully saturated rings. The van der Waals surface area contributed by atoms with Gasteiger partial charge < -0.3 is 10.6 Å². The fourth-order valence-electron chi connectivity index (χ4n) is 1.43. The van der Waals surface area contributed by atoms with Gasteiger partial charge in [0, 0.05) is 25.6 Å². The third-order valence-electron chi connectivity index (χ3n) is 2.22. The first-order valence-corrected chi connectivity index (χ1v) is 4.63. The van der Waals surface area contributed by atoms with E-state index in [0.717, 1.165) is 19.5 Å². The number of rotatable bonds is 3. The van der Waals surface area contributed by atoms with Crippen molar-refractivity contribution >= 4 is 5.91 Å². The Kier molecular flexibility index (Phi) is 3.09. The Morgan fingerprint density at radius 1 is 1.67 bits per heavy atom. The summed E-state index contributed by atoms with van der Waals surface area (Å²) in [7, 11) is 0. The molecule has 1 heterocycles. The molecular formula is C9H18N2O. The van der Waals surface area contributed by atoms with Crippen LogP contribution in [-0.4, -0.2) is 29.9 Å². The van der Waals surface area contributed by atoms with Gasteiger partial charge in [-0.2, -0.15) is 0 Å². The van der Waals surface area contributed by atoms with E-state index >= 15 is 0 Å². The van der Waals surface area contributed by atoms with E-state index in [0.29, 0.717) is 12.3 Å². The molecule has 0 aromatic carbocycles. The van der Waals surface area contributed by atoms with Crippen LogP contribution in [0.3, 0.4) is 0 Å². The van der Waals surface area contributed by atoms with E-state index in [2.05, 4.69) is 13.8 Å². The molecule has 1 amide bonds. The summed E-state index contributed by atoms with van der Waals surface area (Å²) in [6, 6.07) is 0.0738. The predicted octanol–water partition coefficient (Wildman–Crippen LogP) is 0.592. The molecular weight excluding hydrogens is 152 g/mol. The maximum absolute atomic E-state index is 11.2. The second-order valence-corrected chi connectivity index (χ2v) is 3.99. The number of hydrogen-bond donors (Lipinski definition) is 1. The van der Waals surface area contributed by atoms with Crippen LogP contribution >= 0.6 is 0 Å². The smallest absolute Gasteiger partial charge is 0.224 e. The van der Waals surface area contributed by atoms with Gasteiger partial charge >= 0.3 is 0 Å². The summed E-state index contributed by atoms with van der Waals surface area (Å²) in [5.41, 5.74) is 5.66. The zero-order valence-electron chi connectivity index (χ0n) is 7.92. The Morgan fingerprint density at radius 3 is 2.75 bits per heavy atom. The number of carbonyl (C=O) groups excluding carboxylic acids is 1. The van der Waals surface area contributed by atoms with Crippen molar-refractivity contribution < 1.29 is 4.79 Å². The molecule has 0 spiro atoms. The van der Waals surface area contributed by atoms with Gasteiger partial charge in [0.1, 0.15) is 0 Å². The number of likely N-dealkylation sites (tertiary alicyclic amines) is 1. The highest BCUT2D eigenvalue weighted by atomic mass is 16.2. The van der Waals surface area contributed by atoms with Crippen LogP contribution in [0.5, 0.6) is 0 Å². The highest BCUT2D eigenvalue weighted by Gasteiger charge is 2.26. The van der Waals surface area contributed by atoms with Gasteiger partial charge in [-0.1, -0.05) is 13.8 Å². The van der Waals surface area contributed by atoms with Gasteiger partial charge in [0.2, 0.25) is 5.91 Å². The monoisotopic (exact) mass is 170 g/mol. The molecule has 12 heavy (non-hydrogen) atoms. The van der Waals surface area contributed by atoms with E-state index in [1.807, 2.05) is 4.90 Å². The van der Waals surface area contributed by atoms with Crippen molar-refractivity contribution in [3.8, 4) is 0 Å². The lowest BCUT2D eigenvalue weighted by atomic mass is 10.1. The summed E-state index contributed by atoms with van der Waals surface area (Å²) in [4.78, 5) is 13.1. The summed E-state index contributed by atoms with van der Waals surface area (Å²) >= 11 is 0. The summed E-state index contributed by atoms with van der Waals surface area (Å²) in [5, 5.41) is 0. The van der Waals surface area contributed by atoms with E-state index in [1.165, 1.54) is 0 Å². The minimum Gasteiger partial charge on any atom is -0.341 e. The van der Waals surface area contributed by atoms with Gasteiger partial charge in [0.25, 0.3) is 0 Å². The first-order chi connectivity index (χ1) is 5.59. The third-order valence-corrected chi connectivity index (χ3v) is 2.22. The van der Waals surface area contributed by atoms with Gasteiger partial charge in [0.15, 0.2) is 0 Å². The SMILES string of the molecule is CC(C)CCN1CC(N)CC1=O. The van der Waals surface area contributed by atoms with Crippen molar-refractivity contribution in [1.82, 2.24) is 4.90 Å². The molecule has 3 nitrogen and oxygen atoms in total. The lowest BCUT2D eigenvalue weighted by Gasteiger charge is -2.16. The minimum absolute atomic E-state index is 0.0738. The molecule has 70 valence electrons. The van der Waals surface area contributed by atoms with Gasteiger partial charge in [-0.05, 0) is 12.3 Å². The highest BCUT2D eigenvalue weighted by molar-refractivity contribution is 5.79. The standard InChI is InChI=1S/C9H18N2O/c1-7(2)3-4-11-6-8(10)5-9(11)12/h7-8H,3-6,10H2,1-2H3. The predicted molar refractivity (Wildman–Crippen MR) is 48.6 cm³/mol.